The van der Waals surface area contributed by atoms with E-state index in [4.69, 9.17) is 19.3 Å². The Morgan fingerprint density at radius 2 is 2.09 bits per heavy atom. The summed E-state index contributed by atoms with van der Waals surface area (Å²) in [7, 11) is 2.99. The number of rotatable bonds is 7. The molecule has 1 aliphatic heterocycles. The molecule has 118 valence electrons. The van der Waals surface area contributed by atoms with Gasteiger partial charge in [-0.2, -0.15) is 5.26 Å². The number of nitrogens with zero attached hydrogens (tertiary/aromatic N) is 2. The molecule has 7 nitrogen and oxygen atoms in total. The maximum absolute atomic E-state index is 12.5. The van der Waals surface area contributed by atoms with E-state index in [0.29, 0.717) is 22.6 Å². The monoisotopic (exact) mass is 306 g/mol. The van der Waals surface area contributed by atoms with E-state index in [-0.39, 0.29) is 32.3 Å². The minimum atomic E-state index is -0.721. The van der Waals surface area contributed by atoms with Crippen LogP contribution < -0.4 is 9.47 Å². The number of aliphatic hydroxyl groups is 1. The fourth-order valence-electron chi connectivity index (χ4n) is 2.47. The first-order chi connectivity index (χ1) is 10.7. The Balaban J connectivity index is 2.31. The molecule has 1 aromatic carbocycles. The van der Waals surface area contributed by atoms with Gasteiger partial charge >= 0.3 is 0 Å². The van der Waals surface area contributed by atoms with E-state index in [2.05, 4.69) is 6.07 Å². The summed E-state index contributed by atoms with van der Waals surface area (Å²) < 4.78 is 15.6. The third kappa shape index (κ3) is 2.84. The van der Waals surface area contributed by atoms with Crippen LogP contribution in [0.3, 0.4) is 0 Å². The van der Waals surface area contributed by atoms with E-state index < -0.39 is 6.04 Å². The van der Waals surface area contributed by atoms with Gasteiger partial charge in [0.1, 0.15) is 17.5 Å². The van der Waals surface area contributed by atoms with Crippen LogP contribution in [0, 0.1) is 11.3 Å². The summed E-state index contributed by atoms with van der Waals surface area (Å²) >= 11 is 0. The molecule has 1 unspecified atom stereocenters. The van der Waals surface area contributed by atoms with Crippen LogP contribution in [-0.4, -0.2) is 56.5 Å². The summed E-state index contributed by atoms with van der Waals surface area (Å²) in [6, 6.07) is 4.68. The van der Waals surface area contributed by atoms with Crippen molar-refractivity contribution in [2.75, 3.05) is 40.6 Å². The number of methoxy groups -OCH3 is 2. The Morgan fingerprint density at radius 1 is 1.32 bits per heavy atom. The topological polar surface area (TPSA) is 92.0 Å². The normalized spacial score (nSPS) is 16.4. The molecule has 0 aromatic heterocycles. The van der Waals surface area contributed by atoms with Gasteiger partial charge in [-0.1, -0.05) is 0 Å². The van der Waals surface area contributed by atoms with Crippen molar-refractivity contribution in [2.24, 2.45) is 0 Å². The molecular formula is C15H18N2O5. The largest absolute Gasteiger partial charge is 0.497 e. The molecule has 0 fully saturated rings. The number of carbonyl (C=O) groups excluding carboxylic acids is 1. The molecule has 1 atom stereocenters. The highest BCUT2D eigenvalue weighted by atomic mass is 16.5. The summed E-state index contributed by atoms with van der Waals surface area (Å²) in [5.74, 6) is 0.693. The maximum Gasteiger partial charge on any atom is 0.255 e. The lowest BCUT2D eigenvalue weighted by atomic mass is 10.0. The van der Waals surface area contributed by atoms with E-state index in [0.717, 1.165) is 0 Å². The molecule has 1 amide bonds. The molecule has 0 saturated carbocycles. The lowest BCUT2D eigenvalue weighted by molar-refractivity contribution is 0.0557. The van der Waals surface area contributed by atoms with Gasteiger partial charge in [-0.15, -0.1) is 0 Å². The minimum Gasteiger partial charge on any atom is -0.497 e. The Morgan fingerprint density at radius 3 is 2.68 bits per heavy atom. The smallest absolute Gasteiger partial charge is 0.255 e. The maximum atomic E-state index is 12.5. The Labute approximate surface area is 128 Å². The standard InChI is InChI=1S/C15H18N2O5/c1-20-10-7-11-14(13(8-10)21-2)12(9-16)17(15(11)19)3-5-22-6-4-18/h7-8,12,18H,3-6H2,1-2H3. The molecule has 0 radical (unpaired) electrons. The van der Waals surface area contributed by atoms with Crippen molar-refractivity contribution in [3.8, 4) is 17.6 Å². The zero-order chi connectivity index (χ0) is 16.1. The van der Waals surface area contributed by atoms with Crippen LogP contribution in [0.5, 0.6) is 11.5 Å². The third-order valence-electron chi connectivity index (χ3n) is 3.48. The number of hydrogen-bond donors (Lipinski definition) is 1. The molecule has 22 heavy (non-hydrogen) atoms. The number of hydrogen-bond acceptors (Lipinski definition) is 6. The third-order valence-corrected chi connectivity index (χ3v) is 3.48. The zero-order valence-corrected chi connectivity index (χ0v) is 12.5. The van der Waals surface area contributed by atoms with Crippen LogP contribution in [-0.2, 0) is 4.74 Å². The molecule has 1 aliphatic rings. The van der Waals surface area contributed by atoms with Crippen LogP contribution in [0.25, 0.3) is 0 Å². The van der Waals surface area contributed by atoms with Gasteiger partial charge in [-0.05, 0) is 6.07 Å². The number of fused-ring (bicyclic) bond motifs is 1. The van der Waals surface area contributed by atoms with Crippen molar-refractivity contribution in [3.05, 3.63) is 23.3 Å². The van der Waals surface area contributed by atoms with Gasteiger partial charge in [-0.25, -0.2) is 0 Å². The lowest BCUT2D eigenvalue weighted by Crippen LogP contribution is -2.31. The molecular weight excluding hydrogens is 288 g/mol. The van der Waals surface area contributed by atoms with Gasteiger partial charge in [0.05, 0.1) is 45.7 Å². The van der Waals surface area contributed by atoms with Gasteiger partial charge in [-0.3, -0.25) is 4.79 Å². The fourth-order valence-corrected chi connectivity index (χ4v) is 2.47. The van der Waals surface area contributed by atoms with Crippen molar-refractivity contribution in [3.63, 3.8) is 0 Å². The highest BCUT2D eigenvalue weighted by Gasteiger charge is 2.39. The van der Waals surface area contributed by atoms with Gasteiger partial charge in [0, 0.05) is 18.2 Å². The highest BCUT2D eigenvalue weighted by Crippen LogP contribution is 2.41. The predicted molar refractivity (Wildman–Crippen MR) is 76.8 cm³/mol. The van der Waals surface area contributed by atoms with E-state index >= 15 is 0 Å². The Bertz CT molecular complexity index is 596. The zero-order valence-electron chi connectivity index (χ0n) is 12.5. The Kier molecular flexibility index (Phi) is 5.20. The molecule has 1 N–H and O–H groups in total. The molecule has 0 spiro atoms. The molecule has 1 aromatic rings. The molecule has 1 heterocycles. The lowest BCUT2D eigenvalue weighted by Gasteiger charge is -2.20. The highest BCUT2D eigenvalue weighted by molar-refractivity contribution is 6.01. The van der Waals surface area contributed by atoms with Gasteiger partial charge < -0.3 is 24.2 Å². The van der Waals surface area contributed by atoms with Crippen molar-refractivity contribution < 1.29 is 24.1 Å². The number of nitriles is 1. The number of ether oxygens (including phenoxy) is 3. The second kappa shape index (κ2) is 7.11. The molecule has 0 saturated heterocycles. The fraction of sp³-hybridized carbons (Fsp3) is 0.467. The van der Waals surface area contributed by atoms with E-state index in [9.17, 15) is 10.1 Å². The molecule has 2 rings (SSSR count). The molecule has 7 heteroatoms. The van der Waals surface area contributed by atoms with Gasteiger partial charge in [0.2, 0.25) is 0 Å². The van der Waals surface area contributed by atoms with Crippen molar-refractivity contribution in [1.29, 1.82) is 5.26 Å². The predicted octanol–water partition coefficient (Wildman–Crippen LogP) is 0.733. The number of amides is 1. The van der Waals surface area contributed by atoms with Gasteiger partial charge in [0.15, 0.2) is 0 Å². The van der Waals surface area contributed by atoms with Crippen molar-refractivity contribution in [1.82, 2.24) is 4.90 Å². The summed E-state index contributed by atoms with van der Waals surface area (Å²) in [5.41, 5.74) is 0.961. The van der Waals surface area contributed by atoms with E-state index in [1.807, 2.05) is 0 Å². The molecule has 0 aliphatic carbocycles. The average molecular weight is 306 g/mol. The Hall–Kier alpha value is -2.30. The quantitative estimate of drug-likeness (QED) is 0.747. The van der Waals surface area contributed by atoms with Crippen LogP contribution in [0.2, 0.25) is 0 Å². The van der Waals surface area contributed by atoms with E-state index in [1.165, 1.54) is 19.1 Å². The van der Waals surface area contributed by atoms with Crippen LogP contribution >= 0.6 is 0 Å². The summed E-state index contributed by atoms with van der Waals surface area (Å²) in [6.07, 6.45) is 0. The summed E-state index contributed by atoms with van der Waals surface area (Å²) in [5, 5.41) is 18.1. The van der Waals surface area contributed by atoms with Crippen LogP contribution in [0.15, 0.2) is 12.1 Å². The van der Waals surface area contributed by atoms with Crippen LogP contribution in [0.1, 0.15) is 22.0 Å². The summed E-state index contributed by atoms with van der Waals surface area (Å²) in [6.45, 7) is 0.624. The van der Waals surface area contributed by atoms with Crippen molar-refractivity contribution >= 4 is 5.91 Å². The SMILES string of the molecule is COc1cc(OC)c2c(c1)C(=O)N(CCOCCO)C2C#N. The van der Waals surface area contributed by atoms with E-state index in [1.54, 1.807) is 12.1 Å². The van der Waals surface area contributed by atoms with Gasteiger partial charge in [0.25, 0.3) is 5.91 Å². The minimum absolute atomic E-state index is 0.0825. The number of benzene rings is 1. The first kappa shape index (κ1) is 16.1. The second-order valence-electron chi connectivity index (χ2n) is 4.66. The van der Waals surface area contributed by atoms with Crippen LogP contribution in [0.4, 0.5) is 0 Å². The second-order valence-corrected chi connectivity index (χ2v) is 4.66. The van der Waals surface area contributed by atoms with Crippen molar-refractivity contribution in [2.45, 2.75) is 6.04 Å². The number of carbonyl (C=O) groups is 1. The summed E-state index contributed by atoms with van der Waals surface area (Å²) in [4.78, 5) is 14.0. The average Bonchev–Trinajstić information content (AvgIpc) is 2.82. The number of aliphatic hydroxyl groups excluding tert-OH is 1. The first-order valence-electron chi connectivity index (χ1n) is 6.83. The molecule has 0 bridgehead atoms. The first-order valence-corrected chi connectivity index (χ1v) is 6.83.